The lowest BCUT2D eigenvalue weighted by atomic mass is 10.1. The van der Waals surface area contributed by atoms with E-state index in [1.807, 2.05) is 6.07 Å². The molecule has 0 fully saturated rings. The number of nitrogens with zero attached hydrogens (tertiary/aromatic N) is 2. The predicted octanol–water partition coefficient (Wildman–Crippen LogP) is 2.67. The van der Waals surface area contributed by atoms with Crippen LogP contribution in [0.1, 0.15) is 11.1 Å². The molecule has 0 aliphatic carbocycles. The summed E-state index contributed by atoms with van der Waals surface area (Å²) in [6, 6.07) is 7.86. The lowest BCUT2D eigenvalue weighted by molar-refractivity contribution is -0.384. The molecule has 0 spiro atoms. The third kappa shape index (κ3) is 2.47. The van der Waals surface area contributed by atoms with Gasteiger partial charge in [0, 0.05) is 24.2 Å². The number of non-ortho nitro benzene ring substituents is 1. The number of furan rings is 1. The Bertz CT molecular complexity index is 600. The van der Waals surface area contributed by atoms with E-state index in [0.717, 1.165) is 5.56 Å². The van der Waals surface area contributed by atoms with Crippen molar-refractivity contribution >= 4 is 11.4 Å². The molecule has 0 aliphatic rings. The van der Waals surface area contributed by atoms with Gasteiger partial charge in [-0.15, -0.1) is 0 Å². The van der Waals surface area contributed by atoms with E-state index in [0.29, 0.717) is 12.2 Å². The van der Waals surface area contributed by atoms with Crippen molar-refractivity contribution in [2.24, 2.45) is 0 Å². The van der Waals surface area contributed by atoms with Crippen LogP contribution >= 0.6 is 0 Å². The second-order valence-electron chi connectivity index (χ2n) is 3.58. The maximum absolute atomic E-state index is 10.6. The molecule has 1 aromatic carbocycles. The summed E-state index contributed by atoms with van der Waals surface area (Å²) in [5.41, 5.74) is 1.63. The van der Waals surface area contributed by atoms with Gasteiger partial charge in [-0.05, 0) is 12.1 Å². The Balaban J connectivity index is 2.18. The molecule has 6 nitrogen and oxygen atoms in total. The predicted molar refractivity (Wildman–Crippen MR) is 63.8 cm³/mol. The number of nitrogens with one attached hydrogen (secondary N) is 1. The molecule has 0 saturated carbocycles. The van der Waals surface area contributed by atoms with Gasteiger partial charge in [-0.2, -0.15) is 5.26 Å². The number of nitriles is 1. The zero-order valence-electron chi connectivity index (χ0n) is 9.29. The largest absolute Gasteiger partial charge is 0.472 e. The van der Waals surface area contributed by atoms with Gasteiger partial charge < -0.3 is 9.73 Å². The fourth-order valence-electron chi connectivity index (χ4n) is 1.48. The molecule has 90 valence electrons. The van der Waals surface area contributed by atoms with Crippen LogP contribution in [0.5, 0.6) is 0 Å². The first-order valence-corrected chi connectivity index (χ1v) is 5.14. The molecule has 0 saturated heterocycles. The van der Waals surface area contributed by atoms with E-state index >= 15 is 0 Å². The van der Waals surface area contributed by atoms with Crippen LogP contribution in [-0.4, -0.2) is 4.92 Å². The lowest BCUT2D eigenvalue weighted by Gasteiger charge is -2.06. The summed E-state index contributed by atoms with van der Waals surface area (Å²) in [6.07, 6.45) is 3.14. The molecular weight excluding hydrogens is 234 g/mol. The zero-order chi connectivity index (χ0) is 13.0. The van der Waals surface area contributed by atoms with Gasteiger partial charge in [-0.25, -0.2) is 0 Å². The van der Waals surface area contributed by atoms with Crippen LogP contribution in [-0.2, 0) is 6.54 Å². The van der Waals surface area contributed by atoms with Crippen molar-refractivity contribution in [2.45, 2.75) is 6.54 Å². The first-order chi connectivity index (χ1) is 8.70. The van der Waals surface area contributed by atoms with Crippen molar-refractivity contribution < 1.29 is 9.34 Å². The van der Waals surface area contributed by atoms with Crippen molar-refractivity contribution in [2.75, 3.05) is 5.32 Å². The number of benzene rings is 1. The van der Waals surface area contributed by atoms with Crippen LogP contribution < -0.4 is 5.32 Å². The fourth-order valence-corrected chi connectivity index (χ4v) is 1.48. The SMILES string of the molecule is N#Cc1cc([N+](=O)[O-])ccc1NCc1ccoc1. The van der Waals surface area contributed by atoms with Crippen LogP contribution in [0.3, 0.4) is 0 Å². The molecule has 0 aliphatic heterocycles. The topological polar surface area (TPSA) is 92.1 Å². The average Bonchev–Trinajstić information content (AvgIpc) is 2.89. The Morgan fingerprint density at radius 2 is 2.28 bits per heavy atom. The van der Waals surface area contributed by atoms with Gasteiger partial charge in [0.25, 0.3) is 5.69 Å². The van der Waals surface area contributed by atoms with E-state index < -0.39 is 4.92 Å². The van der Waals surface area contributed by atoms with Gasteiger partial charge >= 0.3 is 0 Å². The van der Waals surface area contributed by atoms with E-state index in [1.165, 1.54) is 18.2 Å². The van der Waals surface area contributed by atoms with E-state index in [1.54, 1.807) is 18.6 Å². The van der Waals surface area contributed by atoms with Crippen molar-refractivity contribution in [3.63, 3.8) is 0 Å². The highest BCUT2D eigenvalue weighted by molar-refractivity contribution is 5.61. The van der Waals surface area contributed by atoms with Gasteiger partial charge in [-0.3, -0.25) is 10.1 Å². The van der Waals surface area contributed by atoms with E-state index in [4.69, 9.17) is 9.68 Å². The first kappa shape index (κ1) is 11.7. The summed E-state index contributed by atoms with van der Waals surface area (Å²) in [5, 5.41) is 22.6. The third-order valence-corrected chi connectivity index (χ3v) is 2.40. The van der Waals surface area contributed by atoms with Gasteiger partial charge in [0.15, 0.2) is 0 Å². The number of rotatable bonds is 4. The molecule has 0 atom stereocenters. The number of hydrogen-bond acceptors (Lipinski definition) is 5. The molecule has 1 N–H and O–H groups in total. The van der Waals surface area contributed by atoms with E-state index in [-0.39, 0.29) is 11.3 Å². The van der Waals surface area contributed by atoms with Crippen LogP contribution in [0.25, 0.3) is 0 Å². The smallest absolute Gasteiger partial charge is 0.270 e. The molecule has 2 aromatic rings. The first-order valence-electron chi connectivity index (χ1n) is 5.14. The number of anilines is 1. The molecule has 0 unspecified atom stereocenters. The van der Waals surface area contributed by atoms with E-state index in [2.05, 4.69) is 5.32 Å². The zero-order valence-corrected chi connectivity index (χ0v) is 9.29. The minimum Gasteiger partial charge on any atom is -0.472 e. The van der Waals surface area contributed by atoms with Gasteiger partial charge in [0.05, 0.1) is 28.7 Å². The number of nitro groups is 1. The summed E-state index contributed by atoms with van der Waals surface area (Å²) in [6.45, 7) is 0.489. The molecule has 0 amide bonds. The Hall–Kier alpha value is -2.81. The molecule has 6 heteroatoms. The summed E-state index contributed by atoms with van der Waals surface area (Å²) >= 11 is 0. The van der Waals surface area contributed by atoms with Crippen molar-refractivity contribution in [3.8, 4) is 6.07 Å². The highest BCUT2D eigenvalue weighted by Gasteiger charge is 2.10. The van der Waals surface area contributed by atoms with E-state index in [9.17, 15) is 10.1 Å². The van der Waals surface area contributed by atoms with Crippen molar-refractivity contribution in [3.05, 3.63) is 58.0 Å². The van der Waals surface area contributed by atoms with Crippen LogP contribution in [0.2, 0.25) is 0 Å². The average molecular weight is 243 g/mol. The Morgan fingerprint density at radius 1 is 1.44 bits per heavy atom. The minimum atomic E-state index is -0.527. The maximum Gasteiger partial charge on any atom is 0.270 e. The second-order valence-corrected chi connectivity index (χ2v) is 3.58. The number of hydrogen-bond donors (Lipinski definition) is 1. The summed E-state index contributed by atoms with van der Waals surface area (Å²) in [7, 11) is 0. The minimum absolute atomic E-state index is 0.0968. The maximum atomic E-state index is 10.6. The Labute approximate surface area is 103 Å². The molecular formula is C12H9N3O3. The standard InChI is InChI=1S/C12H9N3O3/c13-6-10-5-11(15(16)17)1-2-12(10)14-7-9-3-4-18-8-9/h1-5,8,14H,7H2. The molecule has 0 bridgehead atoms. The quantitative estimate of drug-likeness (QED) is 0.658. The summed E-state index contributed by atoms with van der Waals surface area (Å²) in [4.78, 5) is 10.1. The highest BCUT2D eigenvalue weighted by Crippen LogP contribution is 2.21. The molecule has 1 heterocycles. The normalized spacial score (nSPS) is 9.72. The molecule has 0 radical (unpaired) electrons. The Kier molecular flexibility index (Phi) is 3.25. The number of nitro benzene ring substituents is 1. The Morgan fingerprint density at radius 3 is 2.89 bits per heavy atom. The second kappa shape index (κ2) is 5.01. The molecule has 18 heavy (non-hydrogen) atoms. The monoisotopic (exact) mass is 243 g/mol. The molecule has 2 rings (SSSR count). The van der Waals surface area contributed by atoms with Gasteiger partial charge in [-0.1, -0.05) is 0 Å². The van der Waals surface area contributed by atoms with Crippen molar-refractivity contribution in [1.29, 1.82) is 5.26 Å². The third-order valence-electron chi connectivity index (χ3n) is 2.40. The van der Waals surface area contributed by atoms with Crippen LogP contribution in [0, 0.1) is 21.4 Å². The fraction of sp³-hybridized carbons (Fsp3) is 0.0833. The van der Waals surface area contributed by atoms with Gasteiger partial charge in [0.1, 0.15) is 6.07 Å². The summed E-state index contributed by atoms with van der Waals surface area (Å²) in [5.74, 6) is 0. The van der Waals surface area contributed by atoms with Crippen molar-refractivity contribution in [1.82, 2.24) is 0 Å². The van der Waals surface area contributed by atoms with Crippen LogP contribution in [0.15, 0.2) is 41.2 Å². The highest BCUT2D eigenvalue weighted by atomic mass is 16.6. The summed E-state index contributed by atoms with van der Waals surface area (Å²) < 4.78 is 4.92. The lowest BCUT2D eigenvalue weighted by Crippen LogP contribution is -2.01. The molecule has 1 aromatic heterocycles. The van der Waals surface area contributed by atoms with Crippen LogP contribution in [0.4, 0.5) is 11.4 Å². The van der Waals surface area contributed by atoms with Gasteiger partial charge in [0.2, 0.25) is 0 Å².